The molecule has 0 spiro atoms. The van der Waals surface area contributed by atoms with Crippen LogP contribution in [0.25, 0.3) is 22.4 Å². The van der Waals surface area contributed by atoms with Gasteiger partial charge in [0.1, 0.15) is 11.4 Å². The van der Waals surface area contributed by atoms with Gasteiger partial charge in [0, 0.05) is 12.1 Å². The molecule has 1 aliphatic rings. The minimum Gasteiger partial charge on any atom is -0.406 e. The van der Waals surface area contributed by atoms with Crippen molar-refractivity contribution in [3.8, 4) is 28.1 Å². The zero-order valence-electron chi connectivity index (χ0n) is 16.9. The van der Waals surface area contributed by atoms with Crippen LogP contribution >= 0.6 is 0 Å². The maximum Gasteiger partial charge on any atom is 0.573 e. The van der Waals surface area contributed by atoms with E-state index >= 15 is 0 Å². The average Bonchev–Trinajstić information content (AvgIpc) is 3.11. The van der Waals surface area contributed by atoms with Crippen LogP contribution in [0.15, 0.2) is 54.6 Å². The van der Waals surface area contributed by atoms with Crippen LogP contribution < -0.4 is 15.8 Å². The van der Waals surface area contributed by atoms with E-state index in [2.05, 4.69) is 10.1 Å². The number of benzene rings is 2. The van der Waals surface area contributed by atoms with Crippen LogP contribution in [-0.4, -0.2) is 29.9 Å². The van der Waals surface area contributed by atoms with Gasteiger partial charge in [-0.3, -0.25) is 4.79 Å². The number of hydrogen-bond donors (Lipinski definition) is 2. The SMILES string of the molecule is Cc1cccc(-c2c(-c3cccc(OC(F)(F)F)c3)cc3n2C(CCN)CNC3=O)c1. The van der Waals surface area contributed by atoms with Crippen molar-refractivity contribution >= 4 is 5.91 Å². The minimum absolute atomic E-state index is 0.0587. The van der Waals surface area contributed by atoms with Gasteiger partial charge in [0.2, 0.25) is 0 Å². The van der Waals surface area contributed by atoms with Crippen LogP contribution in [-0.2, 0) is 0 Å². The molecule has 3 N–H and O–H groups in total. The highest BCUT2D eigenvalue weighted by Crippen LogP contribution is 2.40. The summed E-state index contributed by atoms with van der Waals surface area (Å²) in [4.78, 5) is 12.6. The summed E-state index contributed by atoms with van der Waals surface area (Å²) in [5.74, 6) is -0.538. The molecule has 8 heteroatoms. The van der Waals surface area contributed by atoms with Crippen molar-refractivity contribution in [2.24, 2.45) is 5.73 Å². The first-order valence-corrected chi connectivity index (χ1v) is 9.93. The Hall–Kier alpha value is -3.26. The highest BCUT2D eigenvalue weighted by atomic mass is 19.4. The lowest BCUT2D eigenvalue weighted by atomic mass is 9.99. The monoisotopic (exact) mass is 429 g/mol. The van der Waals surface area contributed by atoms with Crippen molar-refractivity contribution < 1.29 is 22.7 Å². The van der Waals surface area contributed by atoms with Gasteiger partial charge in [-0.25, -0.2) is 0 Å². The third kappa shape index (κ3) is 4.29. The van der Waals surface area contributed by atoms with Crippen LogP contribution in [0.5, 0.6) is 5.75 Å². The number of aromatic nitrogens is 1. The molecule has 0 radical (unpaired) electrons. The lowest BCUT2D eigenvalue weighted by molar-refractivity contribution is -0.274. The number of ether oxygens (including phenoxy) is 1. The maximum atomic E-state index is 12.7. The van der Waals surface area contributed by atoms with Gasteiger partial charge in [-0.1, -0.05) is 35.9 Å². The largest absolute Gasteiger partial charge is 0.573 e. The van der Waals surface area contributed by atoms with E-state index in [-0.39, 0.29) is 17.7 Å². The van der Waals surface area contributed by atoms with E-state index in [9.17, 15) is 18.0 Å². The van der Waals surface area contributed by atoms with Crippen molar-refractivity contribution in [3.63, 3.8) is 0 Å². The fraction of sp³-hybridized carbons (Fsp3) is 0.261. The van der Waals surface area contributed by atoms with Gasteiger partial charge >= 0.3 is 6.36 Å². The highest BCUT2D eigenvalue weighted by Gasteiger charge is 2.32. The van der Waals surface area contributed by atoms with Gasteiger partial charge < -0.3 is 20.4 Å². The first kappa shape index (κ1) is 21.0. The summed E-state index contributed by atoms with van der Waals surface area (Å²) in [7, 11) is 0. The fourth-order valence-corrected chi connectivity index (χ4v) is 4.06. The molecular weight excluding hydrogens is 407 g/mol. The van der Waals surface area contributed by atoms with Crippen molar-refractivity contribution in [1.82, 2.24) is 9.88 Å². The molecule has 0 saturated carbocycles. The predicted molar refractivity (Wildman–Crippen MR) is 112 cm³/mol. The third-order valence-electron chi connectivity index (χ3n) is 5.30. The first-order valence-electron chi connectivity index (χ1n) is 9.93. The predicted octanol–water partition coefficient (Wildman–Crippen LogP) is 4.66. The fourth-order valence-electron chi connectivity index (χ4n) is 4.06. The van der Waals surface area contributed by atoms with Gasteiger partial charge in [0.05, 0.1) is 11.7 Å². The molecule has 1 aromatic heterocycles. The number of fused-ring (bicyclic) bond motifs is 1. The van der Waals surface area contributed by atoms with Crippen molar-refractivity contribution in [2.75, 3.05) is 13.1 Å². The molecule has 31 heavy (non-hydrogen) atoms. The molecule has 1 unspecified atom stereocenters. The summed E-state index contributed by atoms with van der Waals surface area (Å²) in [5, 5.41) is 2.88. The molecule has 2 heterocycles. The zero-order valence-corrected chi connectivity index (χ0v) is 16.9. The Labute approximate surface area is 177 Å². The Morgan fingerprint density at radius 3 is 2.58 bits per heavy atom. The number of nitrogens with zero attached hydrogens (tertiary/aromatic N) is 1. The second-order valence-corrected chi connectivity index (χ2v) is 7.55. The average molecular weight is 429 g/mol. The smallest absolute Gasteiger partial charge is 0.406 e. The molecule has 1 amide bonds. The minimum atomic E-state index is -4.79. The molecule has 0 fully saturated rings. The molecule has 1 aliphatic heterocycles. The number of aryl methyl sites for hydroxylation is 1. The van der Waals surface area contributed by atoms with Gasteiger partial charge in [-0.05, 0) is 55.3 Å². The molecule has 0 saturated heterocycles. The molecule has 2 aromatic carbocycles. The van der Waals surface area contributed by atoms with Gasteiger partial charge in [-0.2, -0.15) is 0 Å². The molecule has 4 rings (SSSR count). The molecule has 1 atom stereocenters. The van der Waals surface area contributed by atoms with Gasteiger partial charge in [0.25, 0.3) is 5.91 Å². The number of amides is 1. The van der Waals surface area contributed by atoms with Crippen molar-refractivity contribution in [1.29, 1.82) is 0 Å². The van der Waals surface area contributed by atoms with E-state index in [1.54, 1.807) is 12.1 Å². The Kier molecular flexibility index (Phi) is 5.49. The molecular formula is C23H22F3N3O2. The molecule has 5 nitrogen and oxygen atoms in total. The van der Waals surface area contributed by atoms with Gasteiger partial charge in [-0.15, -0.1) is 13.2 Å². The summed E-state index contributed by atoms with van der Waals surface area (Å²) < 4.78 is 44.3. The van der Waals surface area contributed by atoms with E-state index in [0.717, 1.165) is 16.8 Å². The summed E-state index contributed by atoms with van der Waals surface area (Å²) >= 11 is 0. The summed E-state index contributed by atoms with van der Waals surface area (Å²) in [6.07, 6.45) is -4.14. The Morgan fingerprint density at radius 2 is 1.87 bits per heavy atom. The second kappa shape index (κ2) is 8.11. The van der Waals surface area contributed by atoms with E-state index in [0.29, 0.717) is 36.3 Å². The van der Waals surface area contributed by atoms with Crippen LogP contribution in [0, 0.1) is 6.92 Å². The number of halogens is 3. The number of alkyl halides is 3. The summed E-state index contributed by atoms with van der Waals surface area (Å²) in [6, 6.07) is 15.3. The molecule has 0 aliphatic carbocycles. The normalized spacial score (nSPS) is 16.0. The topological polar surface area (TPSA) is 69.3 Å². The number of carbonyl (C=O) groups excluding carboxylic acids is 1. The van der Waals surface area contributed by atoms with Crippen LogP contribution in [0.1, 0.15) is 28.5 Å². The molecule has 162 valence electrons. The standard InChI is InChI=1S/C23H22F3N3O2/c1-14-4-2-6-16(10-14)21-19(15-5-3-7-18(11-15)31-23(24,25)26)12-20-22(30)28-13-17(8-9-27)29(20)21/h2-7,10-12,17H,8-9,13,27H2,1H3,(H,28,30). The summed E-state index contributed by atoms with van der Waals surface area (Å²) in [6.45, 7) is 2.84. The van der Waals surface area contributed by atoms with Crippen molar-refractivity contribution in [2.45, 2.75) is 25.7 Å². The summed E-state index contributed by atoms with van der Waals surface area (Å²) in [5.41, 5.74) is 10.1. The Bertz CT molecular complexity index is 1120. The van der Waals surface area contributed by atoms with Crippen molar-refractivity contribution in [3.05, 3.63) is 65.9 Å². The lowest BCUT2D eigenvalue weighted by Gasteiger charge is -2.28. The Morgan fingerprint density at radius 1 is 1.13 bits per heavy atom. The van der Waals surface area contributed by atoms with E-state index in [1.165, 1.54) is 18.2 Å². The van der Waals surface area contributed by atoms with Crippen LogP contribution in [0.2, 0.25) is 0 Å². The number of nitrogens with one attached hydrogen (secondary N) is 1. The van der Waals surface area contributed by atoms with E-state index < -0.39 is 6.36 Å². The van der Waals surface area contributed by atoms with Crippen LogP contribution in [0.3, 0.4) is 0 Å². The second-order valence-electron chi connectivity index (χ2n) is 7.55. The Balaban J connectivity index is 1.94. The lowest BCUT2D eigenvalue weighted by Crippen LogP contribution is -2.39. The number of rotatable bonds is 5. The third-order valence-corrected chi connectivity index (χ3v) is 5.30. The molecule has 0 bridgehead atoms. The van der Waals surface area contributed by atoms with Gasteiger partial charge in [0.15, 0.2) is 0 Å². The first-order chi connectivity index (χ1) is 14.8. The quantitative estimate of drug-likeness (QED) is 0.620. The number of hydrogen-bond acceptors (Lipinski definition) is 3. The zero-order chi connectivity index (χ0) is 22.2. The highest BCUT2D eigenvalue weighted by molar-refractivity contribution is 5.98. The van der Waals surface area contributed by atoms with E-state index in [4.69, 9.17) is 5.73 Å². The number of carbonyl (C=O) groups is 1. The number of nitrogens with two attached hydrogens (primary N) is 1. The molecule has 3 aromatic rings. The maximum absolute atomic E-state index is 12.7. The van der Waals surface area contributed by atoms with E-state index in [1.807, 2.05) is 35.8 Å². The van der Waals surface area contributed by atoms with Crippen LogP contribution in [0.4, 0.5) is 13.2 Å².